The maximum Gasteiger partial charge on any atom is 0.283 e. The summed E-state index contributed by atoms with van der Waals surface area (Å²) in [6.45, 7) is 0. The van der Waals surface area contributed by atoms with E-state index in [9.17, 15) is 23.3 Å². The standard InChI is InChI=1S/C8H7ClN2O5S/c1-17(15,16)10-8(12)6-3-2-5(9)4-7(6)11(13)14/h2-4H,1H3,(H,10,12). The molecule has 0 heterocycles. The number of nitro groups is 1. The smallest absolute Gasteiger partial charge is 0.268 e. The fourth-order valence-electron chi connectivity index (χ4n) is 1.07. The molecular weight excluding hydrogens is 272 g/mol. The van der Waals surface area contributed by atoms with Gasteiger partial charge in [0.1, 0.15) is 5.56 Å². The average molecular weight is 279 g/mol. The largest absolute Gasteiger partial charge is 0.283 e. The Bertz CT molecular complexity index is 584. The van der Waals surface area contributed by atoms with Crippen molar-refractivity contribution in [2.75, 3.05) is 6.26 Å². The Kier molecular flexibility index (Phi) is 3.69. The van der Waals surface area contributed by atoms with Gasteiger partial charge in [-0.25, -0.2) is 13.1 Å². The van der Waals surface area contributed by atoms with Crippen molar-refractivity contribution >= 4 is 33.2 Å². The van der Waals surface area contributed by atoms with Crippen molar-refractivity contribution in [1.82, 2.24) is 4.72 Å². The minimum Gasteiger partial charge on any atom is -0.268 e. The molecular formula is C8H7ClN2O5S. The normalized spacial score (nSPS) is 10.9. The summed E-state index contributed by atoms with van der Waals surface area (Å²) in [5.74, 6) is -1.07. The van der Waals surface area contributed by atoms with E-state index in [0.717, 1.165) is 18.4 Å². The molecule has 1 N–H and O–H groups in total. The molecule has 0 spiro atoms. The van der Waals surface area contributed by atoms with Crippen LogP contribution in [0.5, 0.6) is 0 Å². The van der Waals surface area contributed by atoms with Gasteiger partial charge in [-0.3, -0.25) is 14.9 Å². The second-order valence-corrected chi connectivity index (χ2v) is 5.31. The number of amides is 1. The Balaban J connectivity index is 3.22. The molecule has 92 valence electrons. The number of sulfonamides is 1. The van der Waals surface area contributed by atoms with Crippen LogP contribution < -0.4 is 4.72 Å². The molecule has 1 amide bonds. The summed E-state index contributed by atoms with van der Waals surface area (Å²) in [5, 5.41) is 10.7. The van der Waals surface area contributed by atoms with Crippen molar-refractivity contribution in [2.45, 2.75) is 0 Å². The summed E-state index contributed by atoms with van der Waals surface area (Å²) in [4.78, 5) is 21.3. The average Bonchev–Trinajstić information content (AvgIpc) is 2.14. The SMILES string of the molecule is CS(=O)(=O)NC(=O)c1ccc(Cl)cc1[N+](=O)[O-]. The van der Waals surface area contributed by atoms with Crippen LogP contribution in [0, 0.1) is 10.1 Å². The summed E-state index contributed by atoms with van der Waals surface area (Å²) in [6, 6.07) is 3.31. The van der Waals surface area contributed by atoms with Gasteiger partial charge in [-0.1, -0.05) is 11.6 Å². The Morgan fingerprint density at radius 3 is 2.53 bits per heavy atom. The Hall–Kier alpha value is -1.67. The van der Waals surface area contributed by atoms with Gasteiger partial charge in [-0.15, -0.1) is 0 Å². The van der Waals surface area contributed by atoms with E-state index in [1.54, 1.807) is 4.72 Å². The third-order valence-electron chi connectivity index (χ3n) is 1.68. The van der Waals surface area contributed by atoms with Gasteiger partial charge in [-0.05, 0) is 12.1 Å². The lowest BCUT2D eigenvalue weighted by atomic mass is 10.2. The molecule has 0 atom stereocenters. The zero-order valence-corrected chi connectivity index (χ0v) is 10.1. The van der Waals surface area contributed by atoms with Gasteiger partial charge < -0.3 is 0 Å². The summed E-state index contributed by atoms with van der Waals surface area (Å²) in [7, 11) is -3.78. The molecule has 1 aromatic carbocycles. The number of nitrogens with one attached hydrogen (secondary N) is 1. The van der Waals surface area contributed by atoms with E-state index < -0.39 is 26.5 Å². The highest BCUT2D eigenvalue weighted by atomic mass is 35.5. The molecule has 0 aliphatic heterocycles. The maximum atomic E-state index is 11.5. The van der Waals surface area contributed by atoms with Gasteiger partial charge in [-0.2, -0.15) is 0 Å². The quantitative estimate of drug-likeness (QED) is 0.654. The molecule has 7 nitrogen and oxygen atoms in total. The number of nitro benzene ring substituents is 1. The molecule has 9 heteroatoms. The summed E-state index contributed by atoms with van der Waals surface area (Å²) in [6.07, 6.45) is 0.770. The van der Waals surface area contributed by atoms with E-state index in [1.807, 2.05) is 0 Å². The third kappa shape index (κ3) is 3.68. The zero-order valence-electron chi connectivity index (χ0n) is 8.51. The van der Waals surface area contributed by atoms with Gasteiger partial charge in [0.25, 0.3) is 11.6 Å². The van der Waals surface area contributed by atoms with Gasteiger partial charge >= 0.3 is 0 Å². The van der Waals surface area contributed by atoms with E-state index in [-0.39, 0.29) is 10.6 Å². The molecule has 0 aliphatic rings. The first-order valence-electron chi connectivity index (χ1n) is 4.17. The fourth-order valence-corrected chi connectivity index (χ4v) is 1.68. The van der Waals surface area contributed by atoms with Crippen LogP contribution in [0.1, 0.15) is 10.4 Å². The van der Waals surface area contributed by atoms with E-state index in [2.05, 4.69) is 0 Å². The van der Waals surface area contributed by atoms with Crippen molar-refractivity contribution in [2.24, 2.45) is 0 Å². The molecule has 0 bridgehead atoms. The Morgan fingerprint density at radius 1 is 1.47 bits per heavy atom. The molecule has 0 saturated heterocycles. The first-order chi connectivity index (χ1) is 7.70. The van der Waals surface area contributed by atoms with E-state index in [1.165, 1.54) is 6.07 Å². The minimum absolute atomic E-state index is 0.0765. The van der Waals surface area contributed by atoms with E-state index in [4.69, 9.17) is 11.6 Å². The predicted octanol–water partition coefficient (Wildman–Crippen LogP) is 0.938. The van der Waals surface area contributed by atoms with Crippen LogP contribution in [0.15, 0.2) is 18.2 Å². The second kappa shape index (κ2) is 4.68. The molecule has 1 aromatic rings. The zero-order chi connectivity index (χ0) is 13.2. The number of benzene rings is 1. The summed E-state index contributed by atoms with van der Waals surface area (Å²) in [5.41, 5.74) is -0.927. The number of carbonyl (C=O) groups excluding carboxylic acids is 1. The number of hydrogen-bond acceptors (Lipinski definition) is 5. The molecule has 17 heavy (non-hydrogen) atoms. The first-order valence-corrected chi connectivity index (χ1v) is 6.43. The van der Waals surface area contributed by atoms with Gasteiger partial charge in [0, 0.05) is 11.1 Å². The monoisotopic (exact) mass is 278 g/mol. The first kappa shape index (κ1) is 13.4. The van der Waals surface area contributed by atoms with E-state index in [0.29, 0.717) is 0 Å². The lowest BCUT2D eigenvalue weighted by molar-refractivity contribution is -0.385. The molecule has 0 aromatic heterocycles. The lowest BCUT2D eigenvalue weighted by Gasteiger charge is -2.03. The van der Waals surface area contributed by atoms with Crippen LogP contribution in [-0.4, -0.2) is 25.5 Å². The van der Waals surface area contributed by atoms with Crippen molar-refractivity contribution < 1.29 is 18.1 Å². The van der Waals surface area contributed by atoms with Crippen LogP contribution in [0.25, 0.3) is 0 Å². The summed E-state index contributed by atoms with van der Waals surface area (Å²) >= 11 is 5.54. The molecule has 0 radical (unpaired) electrons. The predicted molar refractivity (Wildman–Crippen MR) is 60.4 cm³/mol. The highest BCUT2D eigenvalue weighted by Gasteiger charge is 2.22. The fraction of sp³-hybridized carbons (Fsp3) is 0.125. The van der Waals surface area contributed by atoms with Crippen molar-refractivity contribution in [3.05, 3.63) is 38.9 Å². The van der Waals surface area contributed by atoms with E-state index >= 15 is 0 Å². The highest BCUT2D eigenvalue weighted by molar-refractivity contribution is 7.89. The van der Waals surface area contributed by atoms with Crippen LogP contribution in [-0.2, 0) is 10.0 Å². The highest BCUT2D eigenvalue weighted by Crippen LogP contribution is 2.23. The van der Waals surface area contributed by atoms with Gasteiger partial charge in [0.05, 0.1) is 11.2 Å². The molecule has 0 unspecified atom stereocenters. The number of hydrogen-bond donors (Lipinski definition) is 1. The van der Waals surface area contributed by atoms with Gasteiger partial charge in [0.15, 0.2) is 0 Å². The van der Waals surface area contributed by atoms with Crippen LogP contribution in [0.2, 0.25) is 5.02 Å². The third-order valence-corrected chi connectivity index (χ3v) is 2.47. The maximum absolute atomic E-state index is 11.5. The Labute approximate surface area is 102 Å². The van der Waals surface area contributed by atoms with Crippen LogP contribution in [0.4, 0.5) is 5.69 Å². The molecule has 0 aliphatic carbocycles. The number of halogens is 1. The molecule has 0 fully saturated rings. The van der Waals surface area contributed by atoms with Crippen molar-refractivity contribution in [1.29, 1.82) is 0 Å². The second-order valence-electron chi connectivity index (χ2n) is 3.12. The van der Waals surface area contributed by atoms with Crippen LogP contribution >= 0.6 is 11.6 Å². The number of rotatable bonds is 3. The number of nitrogens with zero attached hydrogens (tertiary/aromatic N) is 1. The van der Waals surface area contributed by atoms with Crippen molar-refractivity contribution in [3.63, 3.8) is 0 Å². The molecule has 1 rings (SSSR count). The molecule has 0 saturated carbocycles. The minimum atomic E-state index is -3.78. The summed E-state index contributed by atoms with van der Waals surface area (Å²) < 4.78 is 23.3. The topological polar surface area (TPSA) is 106 Å². The van der Waals surface area contributed by atoms with Gasteiger partial charge in [0.2, 0.25) is 10.0 Å². The Morgan fingerprint density at radius 2 is 2.06 bits per heavy atom. The van der Waals surface area contributed by atoms with Crippen LogP contribution in [0.3, 0.4) is 0 Å². The number of carbonyl (C=O) groups is 1. The lowest BCUT2D eigenvalue weighted by Crippen LogP contribution is -2.29. The van der Waals surface area contributed by atoms with Crippen molar-refractivity contribution in [3.8, 4) is 0 Å².